The molecular formula is C20H18N2O4S2. The van der Waals surface area contributed by atoms with Gasteiger partial charge in [0.2, 0.25) is 0 Å². The summed E-state index contributed by atoms with van der Waals surface area (Å²) < 4.78 is 5.59. The number of rotatable bonds is 5. The highest BCUT2D eigenvalue weighted by Gasteiger charge is 2.33. The minimum Gasteiger partial charge on any atom is -0.504 e. The number of phenolic OH excluding ortho intramolecular Hbond substituents is 1. The summed E-state index contributed by atoms with van der Waals surface area (Å²) in [5.41, 5.74) is 4.69. The van der Waals surface area contributed by atoms with Crippen LogP contribution >= 0.6 is 24.0 Å². The first kappa shape index (κ1) is 19.9. The fraction of sp³-hybridized carbons (Fsp3) is 0.150. The second-order valence-electron chi connectivity index (χ2n) is 5.98. The zero-order valence-electron chi connectivity index (χ0n) is 15.3. The second kappa shape index (κ2) is 8.45. The lowest BCUT2D eigenvalue weighted by Gasteiger charge is -2.15. The van der Waals surface area contributed by atoms with Gasteiger partial charge >= 0.3 is 0 Å². The van der Waals surface area contributed by atoms with Gasteiger partial charge in [-0.25, -0.2) is 0 Å². The van der Waals surface area contributed by atoms with Gasteiger partial charge in [-0.05, 0) is 62.0 Å². The summed E-state index contributed by atoms with van der Waals surface area (Å²) >= 11 is 6.33. The molecule has 0 radical (unpaired) electrons. The average molecular weight is 415 g/mol. The molecule has 0 unspecified atom stereocenters. The number of hydrogen-bond acceptors (Lipinski definition) is 6. The summed E-state index contributed by atoms with van der Waals surface area (Å²) in [7, 11) is 0. The van der Waals surface area contributed by atoms with Crippen molar-refractivity contribution in [2.24, 2.45) is 0 Å². The van der Waals surface area contributed by atoms with E-state index in [0.29, 0.717) is 28.4 Å². The third kappa shape index (κ3) is 4.35. The molecule has 0 atom stereocenters. The minimum absolute atomic E-state index is 0.0249. The van der Waals surface area contributed by atoms with Gasteiger partial charge in [-0.15, -0.1) is 0 Å². The first-order valence-corrected chi connectivity index (χ1v) is 9.73. The number of ether oxygens (including phenoxy) is 1. The number of hydrogen-bond donors (Lipinski definition) is 2. The highest BCUT2D eigenvalue weighted by molar-refractivity contribution is 8.26. The van der Waals surface area contributed by atoms with E-state index in [1.807, 2.05) is 26.0 Å². The van der Waals surface area contributed by atoms with Gasteiger partial charge < -0.3 is 9.84 Å². The van der Waals surface area contributed by atoms with Crippen molar-refractivity contribution in [1.82, 2.24) is 10.4 Å². The topological polar surface area (TPSA) is 78.9 Å². The first-order chi connectivity index (χ1) is 13.4. The van der Waals surface area contributed by atoms with Crippen LogP contribution in [0.4, 0.5) is 0 Å². The fourth-order valence-electron chi connectivity index (χ4n) is 2.48. The average Bonchev–Trinajstić information content (AvgIpc) is 2.92. The summed E-state index contributed by atoms with van der Waals surface area (Å²) in [6, 6.07) is 11.8. The van der Waals surface area contributed by atoms with E-state index >= 15 is 0 Å². The predicted octanol–water partition coefficient (Wildman–Crippen LogP) is 3.65. The van der Waals surface area contributed by atoms with Crippen molar-refractivity contribution < 1.29 is 19.4 Å². The van der Waals surface area contributed by atoms with Crippen molar-refractivity contribution in [2.75, 3.05) is 6.61 Å². The Hall–Kier alpha value is -2.84. The number of phenols is 1. The van der Waals surface area contributed by atoms with Gasteiger partial charge in [0, 0.05) is 5.56 Å². The van der Waals surface area contributed by atoms with Crippen molar-refractivity contribution in [3.05, 3.63) is 64.1 Å². The van der Waals surface area contributed by atoms with Gasteiger partial charge in [0.05, 0.1) is 11.5 Å². The number of hydrazine groups is 1. The number of thiocarbonyl (C=S) groups is 1. The molecule has 2 N–H and O–H groups in total. The SMILES string of the molecule is CCOc1cc(/C=C2/SC(=S)N(NC(=O)c3ccc(C)cc3)C2=O)ccc1O. The van der Waals surface area contributed by atoms with Crippen LogP contribution in [-0.4, -0.2) is 32.9 Å². The number of nitrogens with zero attached hydrogens (tertiary/aromatic N) is 1. The van der Waals surface area contributed by atoms with Gasteiger partial charge in [-0.3, -0.25) is 15.0 Å². The molecule has 2 aromatic rings. The molecule has 144 valence electrons. The zero-order chi connectivity index (χ0) is 20.3. The van der Waals surface area contributed by atoms with Crippen molar-refractivity contribution in [3.63, 3.8) is 0 Å². The van der Waals surface area contributed by atoms with Crippen LogP contribution in [0.5, 0.6) is 11.5 Å². The van der Waals surface area contributed by atoms with Crippen molar-refractivity contribution in [3.8, 4) is 11.5 Å². The number of carbonyl (C=O) groups excluding carboxylic acids is 2. The molecule has 0 aliphatic carbocycles. The Morgan fingerprint density at radius 3 is 2.68 bits per heavy atom. The summed E-state index contributed by atoms with van der Waals surface area (Å²) in [5, 5.41) is 10.9. The van der Waals surface area contributed by atoms with Gasteiger partial charge in [-0.1, -0.05) is 35.5 Å². The molecule has 2 aromatic carbocycles. The molecule has 0 saturated carbocycles. The van der Waals surface area contributed by atoms with E-state index in [0.717, 1.165) is 22.3 Å². The number of nitrogens with one attached hydrogen (secondary N) is 1. The Morgan fingerprint density at radius 1 is 1.29 bits per heavy atom. The lowest BCUT2D eigenvalue weighted by atomic mass is 10.1. The maximum absolute atomic E-state index is 12.7. The Bertz CT molecular complexity index is 971. The van der Waals surface area contributed by atoms with Gasteiger partial charge in [-0.2, -0.15) is 5.01 Å². The minimum atomic E-state index is -0.416. The highest BCUT2D eigenvalue weighted by Crippen LogP contribution is 2.33. The van der Waals surface area contributed by atoms with E-state index in [1.165, 1.54) is 6.07 Å². The number of thioether (sulfide) groups is 1. The first-order valence-electron chi connectivity index (χ1n) is 8.50. The molecule has 1 aliphatic heterocycles. The maximum Gasteiger partial charge on any atom is 0.285 e. The molecule has 0 bridgehead atoms. The lowest BCUT2D eigenvalue weighted by molar-refractivity contribution is -0.123. The van der Waals surface area contributed by atoms with Crippen LogP contribution in [0.15, 0.2) is 47.4 Å². The van der Waals surface area contributed by atoms with Crippen LogP contribution in [0, 0.1) is 6.92 Å². The zero-order valence-corrected chi connectivity index (χ0v) is 16.9. The number of aromatic hydroxyl groups is 1. The van der Waals surface area contributed by atoms with E-state index in [9.17, 15) is 14.7 Å². The molecule has 2 amide bonds. The number of benzene rings is 2. The van der Waals surface area contributed by atoms with Gasteiger partial charge in [0.25, 0.3) is 11.8 Å². The maximum atomic E-state index is 12.7. The van der Waals surface area contributed by atoms with Crippen LogP contribution in [0.25, 0.3) is 6.08 Å². The van der Waals surface area contributed by atoms with Crippen LogP contribution in [0.3, 0.4) is 0 Å². The summed E-state index contributed by atoms with van der Waals surface area (Å²) in [4.78, 5) is 25.4. The van der Waals surface area contributed by atoms with Gasteiger partial charge in [0.15, 0.2) is 15.8 Å². The monoisotopic (exact) mass is 414 g/mol. The standard InChI is InChI=1S/C20H18N2O4S2/c1-3-26-16-10-13(6-9-15(16)23)11-17-19(25)22(20(27)28-17)21-18(24)14-7-4-12(2)5-8-14/h4-11,23H,3H2,1-2H3,(H,21,24)/b17-11+. The third-order valence-corrected chi connectivity index (χ3v) is 5.20. The molecule has 6 nitrogen and oxygen atoms in total. The summed E-state index contributed by atoms with van der Waals surface area (Å²) in [6.07, 6.45) is 1.64. The Labute approximate surface area is 172 Å². The number of amides is 2. The normalized spacial score (nSPS) is 15.2. The molecule has 0 spiro atoms. The summed E-state index contributed by atoms with van der Waals surface area (Å²) in [5.74, 6) is -0.473. The van der Waals surface area contributed by atoms with E-state index in [1.54, 1.807) is 30.3 Å². The molecule has 1 aliphatic rings. The molecular weight excluding hydrogens is 396 g/mol. The van der Waals surface area contributed by atoms with E-state index < -0.39 is 11.8 Å². The number of carbonyl (C=O) groups is 2. The van der Waals surface area contributed by atoms with E-state index in [-0.39, 0.29) is 10.1 Å². The van der Waals surface area contributed by atoms with Crippen LogP contribution < -0.4 is 10.2 Å². The van der Waals surface area contributed by atoms with Crippen molar-refractivity contribution in [2.45, 2.75) is 13.8 Å². The van der Waals surface area contributed by atoms with E-state index in [2.05, 4.69) is 5.43 Å². The fourth-order valence-corrected chi connectivity index (χ4v) is 3.66. The third-order valence-electron chi connectivity index (χ3n) is 3.90. The quantitative estimate of drug-likeness (QED) is 0.574. The largest absolute Gasteiger partial charge is 0.504 e. The smallest absolute Gasteiger partial charge is 0.285 e. The summed E-state index contributed by atoms with van der Waals surface area (Å²) in [6.45, 7) is 4.15. The van der Waals surface area contributed by atoms with Crippen LogP contribution in [-0.2, 0) is 4.79 Å². The van der Waals surface area contributed by atoms with Gasteiger partial charge in [0.1, 0.15) is 0 Å². The molecule has 8 heteroatoms. The molecule has 1 saturated heterocycles. The lowest BCUT2D eigenvalue weighted by Crippen LogP contribution is -2.44. The van der Waals surface area contributed by atoms with Crippen molar-refractivity contribution in [1.29, 1.82) is 0 Å². The Balaban J connectivity index is 1.77. The molecule has 0 aromatic heterocycles. The molecule has 1 heterocycles. The number of aryl methyl sites for hydroxylation is 1. The van der Waals surface area contributed by atoms with Crippen molar-refractivity contribution >= 4 is 46.2 Å². The molecule has 28 heavy (non-hydrogen) atoms. The Kier molecular flexibility index (Phi) is 6.01. The predicted molar refractivity (Wildman–Crippen MR) is 113 cm³/mol. The van der Waals surface area contributed by atoms with Crippen LogP contribution in [0.1, 0.15) is 28.4 Å². The second-order valence-corrected chi connectivity index (χ2v) is 7.66. The van der Waals surface area contributed by atoms with E-state index in [4.69, 9.17) is 17.0 Å². The highest BCUT2D eigenvalue weighted by atomic mass is 32.2. The molecule has 3 rings (SSSR count). The molecule has 1 fully saturated rings. The Morgan fingerprint density at radius 2 is 2.00 bits per heavy atom. The van der Waals surface area contributed by atoms with Crippen LogP contribution in [0.2, 0.25) is 0 Å².